The maximum absolute atomic E-state index is 12.0. The molecule has 1 fully saturated rings. The molecule has 0 aliphatic carbocycles. The molecule has 0 N–H and O–H groups in total. The van der Waals surface area contributed by atoms with E-state index in [4.69, 9.17) is 9.15 Å². The Kier molecular flexibility index (Phi) is 4.08. The van der Waals surface area contributed by atoms with Crippen LogP contribution in [0.5, 0.6) is 5.75 Å². The van der Waals surface area contributed by atoms with Gasteiger partial charge in [-0.15, -0.1) is 0 Å². The van der Waals surface area contributed by atoms with E-state index in [0.29, 0.717) is 31.0 Å². The third kappa shape index (κ3) is 3.06. The average molecular weight is 363 g/mol. The molecule has 6 nitrogen and oxygen atoms in total. The number of sulfone groups is 1. The molecule has 134 valence electrons. The molecule has 2 aliphatic heterocycles. The number of ether oxygens (including phenoxy) is 1. The summed E-state index contributed by atoms with van der Waals surface area (Å²) in [5.41, 5.74) is 2.03. The smallest absolute Gasteiger partial charge is 0.336 e. The Labute approximate surface area is 146 Å². The van der Waals surface area contributed by atoms with Crippen LogP contribution in [0.4, 0.5) is 0 Å². The Morgan fingerprint density at radius 2 is 2.16 bits per heavy atom. The monoisotopic (exact) mass is 363 g/mol. The summed E-state index contributed by atoms with van der Waals surface area (Å²) < 4.78 is 34.9. The molecule has 0 unspecified atom stereocenters. The molecule has 3 heterocycles. The summed E-state index contributed by atoms with van der Waals surface area (Å²) in [6.45, 7) is 2.97. The van der Waals surface area contributed by atoms with Gasteiger partial charge < -0.3 is 9.15 Å². The molecule has 0 bridgehead atoms. The fourth-order valence-electron chi connectivity index (χ4n) is 3.79. The molecule has 0 radical (unpaired) electrons. The Bertz CT molecular complexity index is 979. The van der Waals surface area contributed by atoms with E-state index in [9.17, 15) is 13.2 Å². The Hall–Kier alpha value is -1.86. The molecule has 7 heteroatoms. The van der Waals surface area contributed by atoms with Crippen LogP contribution < -0.4 is 10.4 Å². The first-order valence-electron chi connectivity index (χ1n) is 8.63. The standard InChI is InChI=1S/C18H21NO5S/c1-2-3-12-8-17(20)24-18-14(12)4-5-16-15(18)9-19(11-23-16)13-6-7-25(21,22)10-13/h4-5,8,13H,2-3,6-7,9-11H2,1H3/t13-/m0/s1. The maximum atomic E-state index is 12.0. The highest BCUT2D eigenvalue weighted by Gasteiger charge is 2.35. The summed E-state index contributed by atoms with van der Waals surface area (Å²) in [6, 6.07) is 5.37. The normalized spacial score (nSPS) is 22.7. The van der Waals surface area contributed by atoms with Crippen LogP contribution in [0.15, 0.2) is 27.4 Å². The first kappa shape index (κ1) is 16.6. The summed E-state index contributed by atoms with van der Waals surface area (Å²) in [6.07, 6.45) is 2.38. The summed E-state index contributed by atoms with van der Waals surface area (Å²) in [4.78, 5) is 14.0. The van der Waals surface area contributed by atoms with E-state index in [-0.39, 0.29) is 23.2 Å². The van der Waals surface area contributed by atoms with Crippen molar-refractivity contribution in [2.75, 3.05) is 18.2 Å². The third-order valence-electron chi connectivity index (χ3n) is 5.05. The van der Waals surface area contributed by atoms with E-state index in [1.807, 2.05) is 17.0 Å². The van der Waals surface area contributed by atoms with Gasteiger partial charge in [-0.1, -0.05) is 13.3 Å². The van der Waals surface area contributed by atoms with Gasteiger partial charge in [-0.3, -0.25) is 4.90 Å². The average Bonchev–Trinajstić information content (AvgIpc) is 2.94. The molecule has 1 saturated heterocycles. The number of hydrogen-bond acceptors (Lipinski definition) is 6. The second-order valence-electron chi connectivity index (χ2n) is 6.84. The molecule has 0 spiro atoms. The van der Waals surface area contributed by atoms with Crippen molar-refractivity contribution in [3.8, 4) is 5.75 Å². The number of hydrogen-bond donors (Lipinski definition) is 0. The van der Waals surface area contributed by atoms with Crippen molar-refractivity contribution < 1.29 is 17.6 Å². The lowest BCUT2D eigenvalue weighted by molar-refractivity contribution is 0.0648. The lowest BCUT2D eigenvalue weighted by Gasteiger charge is -2.33. The van der Waals surface area contributed by atoms with Crippen LogP contribution in [0, 0.1) is 0 Å². The zero-order valence-corrected chi connectivity index (χ0v) is 15.0. The number of nitrogens with zero attached hydrogens (tertiary/aromatic N) is 1. The fourth-order valence-corrected chi connectivity index (χ4v) is 5.55. The summed E-state index contributed by atoms with van der Waals surface area (Å²) >= 11 is 0. The van der Waals surface area contributed by atoms with Crippen LogP contribution in [-0.4, -0.2) is 37.6 Å². The molecule has 25 heavy (non-hydrogen) atoms. The first-order valence-corrected chi connectivity index (χ1v) is 10.4. The summed E-state index contributed by atoms with van der Waals surface area (Å²) in [5, 5.41) is 0.935. The van der Waals surface area contributed by atoms with Gasteiger partial charge in [0.1, 0.15) is 18.1 Å². The van der Waals surface area contributed by atoms with Gasteiger partial charge in [-0.25, -0.2) is 13.2 Å². The van der Waals surface area contributed by atoms with Gasteiger partial charge in [0.15, 0.2) is 9.84 Å². The minimum atomic E-state index is -2.96. The van der Waals surface area contributed by atoms with Crippen molar-refractivity contribution in [2.45, 2.75) is 38.8 Å². The Balaban J connectivity index is 1.75. The minimum absolute atomic E-state index is 0.0426. The zero-order valence-electron chi connectivity index (χ0n) is 14.2. The molecule has 1 aromatic heterocycles. The largest absolute Gasteiger partial charge is 0.478 e. The lowest BCUT2D eigenvalue weighted by Crippen LogP contribution is -2.41. The highest BCUT2D eigenvalue weighted by atomic mass is 32.2. The molecule has 2 aromatic rings. The summed E-state index contributed by atoms with van der Waals surface area (Å²) in [5.74, 6) is 1.11. The van der Waals surface area contributed by atoms with E-state index in [2.05, 4.69) is 6.92 Å². The van der Waals surface area contributed by atoms with E-state index in [0.717, 1.165) is 29.4 Å². The highest BCUT2D eigenvalue weighted by molar-refractivity contribution is 7.91. The zero-order chi connectivity index (χ0) is 17.6. The van der Waals surface area contributed by atoms with E-state index in [1.165, 1.54) is 0 Å². The Morgan fingerprint density at radius 1 is 1.32 bits per heavy atom. The van der Waals surface area contributed by atoms with E-state index < -0.39 is 9.84 Å². The third-order valence-corrected chi connectivity index (χ3v) is 6.80. The van der Waals surface area contributed by atoms with Crippen LogP contribution in [0.3, 0.4) is 0 Å². The van der Waals surface area contributed by atoms with Crippen LogP contribution >= 0.6 is 0 Å². The van der Waals surface area contributed by atoms with Crippen molar-refractivity contribution in [3.05, 3.63) is 39.7 Å². The van der Waals surface area contributed by atoms with Crippen LogP contribution in [0.2, 0.25) is 0 Å². The molecule has 1 atom stereocenters. The maximum Gasteiger partial charge on any atom is 0.336 e. The lowest BCUT2D eigenvalue weighted by atomic mass is 10.0. The van der Waals surface area contributed by atoms with Gasteiger partial charge in [0.05, 0.1) is 17.1 Å². The number of aryl methyl sites for hydroxylation is 1. The van der Waals surface area contributed by atoms with E-state index in [1.54, 1.807) is 6.07 Å². The Morgan fingerprint density at radius 3 is 2.88 bits per heavy atom. The van der Waals surface area contributed by atoms with Crippen LogP contribution in [0.25, 0.3) is 11.0 Å². The molecule has 0 saturated carbocycles. The van der Waals surface area contributed by atoms with Crippen molar-refractivity contribution in [2.24, 2.45) is 0 Å². The molecule has 4 rings (SSSR count). The molecule has 1 aromatic carbocycles. The SMILES string of the molecule is CCCc1cc(=O)oc2c3c(ccc12)OCN([C@H]1CCS(=O)(=O)C1)C3. The van der Waals surface area contributed by atoms with Gasteiger partial charge in [0.2, 0.25) is 0 Å². The second kappa shape index (κ2) is 6.14. The van der Waals surface area contributed by atoms with Crippen molar-refractivity contribution in [1.29, 1.82) is 0 Å². The molecule has 2 aliphatic rings. The number of rotatable bonds is 3. The quantitative estimate of drug-likeness (QED) is 0.777. The predicted molar refractivity (Wildman–Crippen MR) is 94.6 cm³/mol. The van der Waals surface area contributed by atoms with Gasteiger partial charge in [0.25, 0.3) is 0 Å². The van der Waals surface area contributed by atoms with Gasteiger partial charge in [-0.2, -0.15) is 0 Å². The molecular formula is C18H21NO5S. The van der Waals surface area contributed by atoms with Gasteiger partial charge >= 0.3 is 5.63 Å². The minimum Gasteiger partial charge on any atom is -0.478 e. The predicted octanol–water partition coefficient (Wildman–Crippen LogP) is 2.08. The van der Waals surface area contributed by atoms with Crippen LogP contribution in [0.1, 0.15) is 30.9 Å². The first-order chi connectivity index (χ1) is 12.0. The fraction of sp³-hybridized carbons (Fsp3) is 0.500. The number of benzene rings is 1. The van der Waals surface area contributed by atoms with Crippen molar-refractivity contribution in [3.63, 3.8) is 0 Å². The van der Waals surface area contributed by atoms with Crippen LogP contribution in [-0.2, 0) is 22.8 Å². The highest BCUT2D eigenvalue weighted by Crippen LogP contribution is 2.35. The summed E-state index contributed by atoms with van der Waals surface area (Å²) in [7, 11) is -2.96. The van der Waals surface area contributed by atoms with Gasteiger partial charge in [0, 0.05) is 24.0 Å². The van der Waals surface area contributed by atoms with E-state index >= 15 is 0 Å². The molecular weight excluding hydrogens is 342 g/mol. The molecule has 0 amide bonds. The number of fused-ring (bicyclic) bond motifs is 3. The second-order valence-corrected chi connectivity index (χ2v) is 9.07. The topological polar surface area (TPSA) is 76.8 Å². The van der Waals surface area contributed by atoms with Crippen molar-refractivity contribution >= 4 is 20.8 Å². The van der Waals surface area contributed by atoms with Crippen molar-refractivity contribution in [1.82, 2.24) is 4.90 Å². The van der Waals surface area contributed by atoms with Gasteiger partial charge in [-0.05, 0) is 30.5 Å².